The van der Waals surface area contributed by atoms with E-state index in [0.29, 0.717) is 40.7 Å². The largest absolute Gasteiger partial charge is 0.507 e. The number of rotatable bonds is 10. The first-order valence-corrected chi connectivity index (χ1v) is 13.1. The van der Waals surface area contributed by atoms with E-state index in [9.17, 15) is 19.5 Å². The molecule has 1 aliphatic heterocycles. The zero-order chi connectivity index (χ0) is 29.0. The summed E-state index contributed by atoms with van der Waals surface area (Å²) in [5.41, 5.74) is 0.956. The van der Waals surface area contributed by atoms with Gasteiger partial charge in [0.15, 0.2) is 16.6 Å². The number of methoxy groups -OCH3 is 2. The maximum absolute atomic E-state index is 13.5. The Kier molecular flexibility index (Phi) is 8.54. The van der Waals surface area contributed by atoms with Gasteiger partial charge in [0.1, 0.15) is 23.0 Å². The Morgan fingerprint density at radius 2 is 1.85 bits per heavy atom. The van der Waals surface area contributed by atoms with E-state index in [1.165, 1.54) is 19.1 Å². The van der Waals surface area contributed by atoms with Crippen molar-refractivity contribution < 1.29 is 38.4 Å². The van der Waals surface area contributed by atoms with Crippen molar-refractivity contribution in [3.63, 3.8) is 0 Å². The Bertz CT molecular complexity index is 1490. The number of hydrogen-bond donors (Lipinski definition) is 1. The first kappa shape index (κ1) is 28.4. The second kappa shape index (κ2) is 12.0. The van der Waals surface area contributed by atoms with Crippen LogP contribution in [-0.2, 0) is 14.3 Å². The van der Waals surface area contributed by atoms with Crippen LogP contribution in [0.25, 0.3) is 5.76 Å². The molecule has 0 saturated carbocycles. The van der Waals surface area contributed by atoms with Crippen molar-refractivity contribution in [2.24, 2.45) is 0 Å². The van der Waals surface area contributed by atoms with Crippen molar-refractivity contribution in [2.75, 3.05) is 32.3 Å². The third-order valence-corrected chi connectivity index (χ3v) is 7.25. The van der Waals surface area contributed by atoms with E-state index in [4.69, 9.17) is 18.9 Å². The highest BCUT2D eigenvalue weighted by atomic mass is 32.1. The zero-order valence-electron chi connectivity index (χ0n) is 22.4. The number of aryl methyl sites for hydroxylation is 1. The summed E-state index contributed by atoms with van der Waals surface area (Å²) in [6.07, 6.45) is 1.59. The van der Waals surface area contributed by atoms with Gasteiger partial charge in [-0.25, -0.2) is 9.78 Å². The molecular weight excluding hydrogens is 536 g/mol. The molecule has 0 bridgehead atoms. The molecule has 1 aliphatic rings. The summed E-state index contributed by atoms with van der Waals surface area (Å²) in [6, 6.07) is 10.3. The van der Waals surface area contributed by atoms with E-state index in [0.717, 1.165) is 11.3 Å². The lowest BCUT2D eigenvalue weighted by Crippen LogP contribution is -2.29. The van der Waals surface area contributed by atoms with Crippen molar-refractivity contribution in [3.8, 4) is 17.2 Å². The van der Waals surface area contributed by atoms with E-state index in [2.05, 4.69) is 11.6 Å². The lowest BCUT2D eigenvalue weighted by Gasteiger charge is -2.24. The first-order chi connectivity index (χ1) is 19.2. The molecule has 10 nitrogen and oxygen atoms in total. The number of esters is 1. The van der Waals surface area contributed by atoms with Crippen LogP contribution in [0.3, 0.4) is 0 Å². The lowest BCUT2D eigenvalue weighted by molar-refractivity contribution is -0.132. The molecule has 1 fully saturated rings. The van der Waals surface area contributed by atoms with Crippen molar-refractivity contribution in [1.29, 1.82) is 0 Å². The minimum Gasteiger partial charge on any atom is -0.507 e. The molecule has 1 N–H and O–H groups in total. The SMILES string of the molecule is C=CCOc1ccc(C2/C(=C(\O)c3ccc(OC)cc3)C(=O)C(=O)N2c2nc(C)c(C(=O)OC)s2)cc1OCC. The van der Waals surface area contributed by atoms with Crippen LogP contribution >= 0.6 is 11.3 Å². The minimum atomic E-state index is -1.09. The van der Waals surface area contributed by atoms with E-state index in [1.54, 1.807) is 55.5 Å². The molecule has 1 amide bonds. The van der Waals surface area contributed by atoms with Gasteiger partial charge in [-0.1, -0.05) is 30.1 Å². The monoisotopic (exact) mass is 564 g/mol. The van der Waals surface area contributed by atoms with Gasteiger partial charge in [0, 0.05) is 5.56 Å². The topological polar surface area (TPSA) is 124 Å². The Balaban J connectivity index is 1.94. The highest BCUT2D eigenvalue weighted by molar-refractivity contribution is 7.17. The highest BCUT2D eigenvalue weighted by Crippen LogP contribution is 2.45. The number of amides is 1. The molecule has 4 rings (SSSR count). The molecule has 2 aromatic carbocycles. The van der Waals surface area contributed by atoms with Crippen LogP contribution in [0.2, 0.25) is 0 Å². The van der Waals surface area contributed by atoms with Crippen molar-refractivity contribution in [3.05, 3.63) is 82.4 Å². The van der Waals surface area contributed by atoms with Crippen LogP contribution in [-0.4, -0.2) is 55.2 Å². The number of benzene rings is 2. The molecule has 1 atom stereocenters. The summed E-state index contributed by atoms with van der Waals surface area (Å²) in [6.45, 7) is 7.65. The minimum absolute atomic E-state index is 0.101. The third kappa shape index (κ3) is 5.28. The molecule has 1 saturated heterocycles. The fourth-order valence-corrected chi connectivity index (χ4v) is 5.26. The molecule has 0 spiro atoms. The van der Waals surface area contributed by atoms with Crippen molar-refractivity contribution >= 4 is 39.9 Å². The zero-order valence-corrected chi connectivity index (χ0v) is 23.2. The second-order valence-electron chi connectivity index (χ2n) is 8.54. The maximum atomic E-state index is 13.5. The predicted molar refractivity (Wildman–Crippen MR) is 149 cm³/mol. The standard InChI is InChI=1S/C29H28N2O8S/c1-6-14-39-20-13-10-18(15-21(20)38-7-2)23-22(24(32)17-8-11-19(36-4)12-9-17)25(33)27(34)31(23)29-30-16(3)26(40-29)28(35)37-5/h6,8-13,15,23,32H,1,7,14H2,2-5H3/b24-22+. The number of ether oxygens (including phenoxy) is 4. The summed E-state index contributed by atoms with van der Waals surface area (Å²) >= 11 is 0.916. The highest BCUT2D eigenvalue weighted by Gasteiger charge is 2.48. The fraction of sp³-hybridized carbons (Fsp3) is 0.241. The average Bonchev–Trinajstić information content (AvgIpc) is 3.47. The molecular formula is C29H28N2O8S. The van der Waals surface area contributed by atoms with Crippen molar-refractivity contribution in [2.45, 2.75) is 19.9 Å². The normalized spacial score (nSPS) is 16.1. The van der Waals surface area contributed by atoms with Crippen LogP contribution < -0.4 is 19.1 Å². The second-order valence-corrected chi connectivity index (χ2v) is 9.52. The molecule has 3 aromatic rings. The summed E-state index contributed by atoms with van der Waals surface area (Å²) in [5, 5.41) is 11.5. The number of nitrogens with zero attached hydrogens (tertiary/aromatic N) is 2. The van der Waals surface area contributed by atoms with E-state index < -0.39 is 23.7 Å². The quantitative estimate of drug-likeness (QED) is 0.121. The van der Waals surface area contributed by atoms with E-state index in [1.807, 2.05) is 6.92 Å². The summed E-state index contributed by atoms with van der Waals surface area (Å²) < 4.78 is 21.5. The number of hydrogen-bond acceptors (Lipinski definition) is 10. The number of anilines is 1. The van der Waals surface area contributed by atoms with Gasteiger partial charge in [0.05, 0.1) is 38.1 Å². The summed E-state index contributed by atoms with van der Waals surface area (Å²) in [7, 11) is 2.75. The molecule has 2 heterocycles. The van der Waals surface area contributed by atoms with Gasteiger partial charge < -0.3 is 24.1 Å². The Morgan fingerprint density at radius 1 is 1.12 bits per heavy atom. The number of aromatic nitrogens is 1. The van der Waals surface area contributed by atoms with Gasteiger partial charge in [0.2, 0.25) is 0 Å². The van der Waals surface area contributed by atoms with E-state index >= 15 is 0 Å². The molecule has 208 valence electrons. The average molecular weight is 565 g/mol. The number of carbonyl (C=O) groups is 3. The number of aliphatic hydroxyl groups excluding tert-OH is 1. The summed E-state index contributed by atoms with van der Waals surface area (Å²) in [5.74, 6) is -1.43. The van der Waals surface area contributed by atoms with Crippen LogP contribution in [0.4, 0.5) is 5.13 Å². The summed E-state index contributed by atoms with van der Waals surface area (Å²) in [4.78, 5) is 45.1. The third-order valence-electron chi connectivity index (χ3n) is 6.11. The first-order valence-electron chi connectivity index (χ1n) is 12.3. The van der Waals surface area contributed by atoms with Gasteiger partial charge in [-0.2, -0.15) is 0 Å². The van der Waals surface area contributed by atoms with Gasteiger partial charge in [0.25, 0.3) is 5.78 Å². The van der Waals surface area contributed by atoms with Crippen LogP contribution in [0.1, 0.15) is 39.5 Å². The molecule has 0 aliphatic carbocycles. The van der Waals surface area contributed by atoms with Gasteiger partial charge in [-0.3, -0.25) is 14.5 Å². The smallest absolute Gasteiger partial charge is 0.350 e. The fourth-order valence-electron chi connectivity index (χ4n) is 4.25. The maximum Gasteiger partial charge on any atom is 0.350 e. The number of Topliss-reactive ketones (excluding diaryl/α,β-unsaturated/α-hetero) is 1. The number of thiazole rings is 1. The van der Waals surface area contributed by atoms with Gasteiger partial charge in [-0.15, -0.1) is 0 Å². The number of ketones is 1. The van der Waals surface area contributed by atoms with Crippen LogP contribution in [0, 0.1) is 6.92 Å². The lowest BCUT2D eigenvalue weighted by atomic mass is 9.95. The predicted octanol–water partition coefficient (Wildman–Crippen LogP) is 4.84. The van der Waals surface area contributed by atoms with Gasteiger partial charge >= 0.3 is 11.9 Å². The molecule has 0 radical (unpaired) electrons. The number of carbonyl (C=O) groups excluding carboxylic acids is 3. The van der Waals surface area contributed by atoms with Crippen molar-refractivity contribution in [1.82, 2.24) is 4.98 Å². The Morgan fingerprint density at radius 3 is 2.48 bits per heavy atom. The molecule has 11 heteroatoms. The van der Waals surface area contributed by atoms with E-state index in [-0.39, 0.29) is 27.9 Å². The Hall–Kier alpha value is -4.64. The van der Waals surface area contributed by atoms with Crippen LogP contribution in [0.5, 0.6) is 17.2 Å². The van der Waals surface area contributed by atoms with Crippen LogP contribution in [0.15, 0.2) is 60.7 Å². The Labute approximate surface area is 235 Å². The number of aliphatic hydroxyl groups is 1. The molecule has 1 unspecified atom stereocenters. The molecule has 40 heavy (non-hydrogen) atoms. The molecule has 1 aromatic heterocycles. The van der Waals surface area contributed by atoms with Gasteiger partial charge in [-0.05, 0) is 55.8 Å².